The Labute approximate surface area is 271 Å². The average molecular weight is 646 g/mol. The maximum atomic E-state index is 14.5. The molecule has 4 aromatic carbocycles. The Morgan fingerprint density at radius 3 is 2.07 bits per heavy atom. The van der Waals surface area contributed by atoms with E-state index in [1.807, 2.05) is 70.2 Å². The molecule has 0 spiro atoms. The minimum absolute atomic E-state index is 0.0537. The van der Waals surface area contributed by atoms with Crippen LogP contribution in [0.1, 0.15) is 36.1 Å². The number of amides is 2. The van der Waals surface area contributed by atoms with Crippen molar-refractivity contribution in [3.63, 3.8) is 0 Å². The van der Waals surface area contributed by atoms with Crippen molar-refractivity contribution in [2.75, 3.05) is 17.4 Å². The lowest BCUT2D eigenvalue weighted by molar-refractivity contribution is -0.140. The number of aryl methyl sites for hydroxylation is 2. The molecule has 0 aliphatic carbocycles. The van der Waals surface area contributed by atoms with Crippen LogP contribution in [0.2, 0.25) is 5.02 Å². The summed E-state index contributed by atoms with van der Waals surface area (Å²) < 4.78 is 29.4. The number of nitrogens with zero attached hydrogens (tertiary/aromatic N) is 2. The maximum absolute atomic E-state index is 14.5. The molecule has 0 saturated carbocycles. The molecule has 45 heavy (non-hydrogen) atoms. The van der Waals surface area contributed by atoms with E-state index in [1.54, 1.807) is 48.5 Å². The second-order valence-corrected chi connectivity index (χ2v) is 13.9. The molecule has 0 heterocycles. The second kappa shape index (κ2) is 15.2. The lowest BCUT2D eigenvalue weighted by Crippen LogP contribution is -2.53. The van der Waals surface area contributed by atoms with Gasteiger partial charge < -0.3 is 10.2 Å². The van der Waals surface area contributed by atoms with Gasteiger partial charge in [-0.15, -0.1) is 0 Å². The molecular weight excluding hydrogens is 606 g/mol. The Hall–Kier alpha value is -4.14. The van der Waals surface area contributed by atoms with Gasteiger partial charge in [-0.1, -0.05) is 92.2 Å². The number of hydrogen-bond donors (Lipinski definition) is 1. The fourth-order valence-corrected chi connectivity index (χ4v) is 6.58. The smallest absolute Gasteiger partial charge is 0.264 e. The van der Waals surface area contributed by atoms with Crippen LogP contribution in [0.25, 0.3) is 0 Å². The number of sulfonamides is 1. The molecule has 0 aliphatic rings. The Kier molecular flexibility index (Phi) is 11.4. The number of halogens is 1. The summed E-state index contributed by atoms with van der Waals surface area (Å²) in [4.78, 5) is 29.9. The molecule has 2 amide bonds. The summed E-state index contributed by atoms with van der Waals surface area (Å²) in [7, 11) is -4.15. The van der Waals surface area contributed by atoms with Crippen LogP contribution < -0.4 is 9.62 Å². The van der Waals surface area contributed by atoms with E-state index in [9.17, 15) is 18.0 Å². The van der Waals surface area contributed by atoms with Gasteiger partial charge in [0.1, 0.15) is 12.6 Å². The fourth-order valence-electron chi connectivity index (χ4n) is 4.94. The zero-order valence-electron chi connectivity index (χ0n) is 26.1. The van der Waals surface area contributed by atoms with Crippen molar-refractivity contribution in [1.29, 1.82) is 0 Å². The highest BCUT2D eigenvalue weighted by atomic mass is 35.5. The molecule has 4 aromatic rings. The third kappa shape index (κ3) is 8.96. The molecule has 4 rings (SSSR count). The summed E-state index contributed by atoms with van der Waals surface area (Å²) in [5.74, 6) is -0.639. The molecule has 1 atom stereocenters. The zero-order valence-corrected chi connectivity index (χ0v) is 27.7. The Bertz CT molecular complexity index is 1710. The highest BCUT2D eigenvalue weighted by molar-refractivity contribution is 7.92. The van der Waals surface area contributed by atoms with E-state index in [0.717, 1.165) is 21.0 Å². The van der Waals surface area contributed by atoms with Crippen LogP contribution in [0.15, 0.2) is 108 Å². The molecule has 0 unspecified atom stereocenters. The van der Waals surface area contributed by atoms with Gasteiger partial charge in [-0.05, 0) is 78.4 Å². The average Bonchev–Trinajstić information content (AvgIpc) is 3.02. The maximum Gasteiger partial charge on any atom is 0.264 e. The van der Waals surface area contributed by atoms with Crippen LogP contribution in [0.3, 0.4) is 0 Å². The lowest BCUT2D eigenvalue weighted by Gasteiger charge is -2.34. The number of carbonyl (C=O) groups excluding carboxylic acids is 2. The van der Waals surface area contributed by atoms with E-state index in [4.69, 9.17) is 11.6 Å². The first-order valence-electron chi connectivity index (χ1n) is 15.0. The molecule has 0 saturated heterocycles. The van der Waals surface area contributed by atoms with Gasteiger partial charge in [-0.25, -0.2) is 8.42 Å². The third-order valence-electron chi connectivity index (χ3n) is 7.59. The van der Waals surface area contributed by atoms with Gasteiger partial charge in [0.2, 0.25) is 11.8 Å². The molecule has 9 heteroatoms. The van der Waals surface area contributed by atoms with Crippen molar-refractivity contribution in [3.05, 3.63) is 130 Å². The molecule has 236 valence electrons. The predicted molar refractivity (Wildman–Crippen MR) is 181 cm³/mol. The molecule has 1 N–H and O–H groups in total. The summed E-state index contributed by atoms with van der Waals surface area (Å²) in [5, 5.41) is 3.49. The van der Waals surface area contributed by atoms with E-state index >= 15 is 0 Å². The van der Waals surface area contributed by atoms with Gasteiger partial charge in [0, 0.05) is 24.5 Å². The van der Waals surface area contributed by atoms with Crippen LogP contribution in [0.5, 0.6) is 0 Å². The fraction of sp³-hybridized carbons (Fsp3) is 0.278. The Morgan fingerprint density at radius 2 is 1.44 bits per heavy atom. The molecule has 7 nitrogen and oxygen atoms in total. The lowest BCUT2D eigenvalue weighted by atomic mass is 10.0. The van der Waals surface area contributed by atoms with Crippen LogP contribution >= 0.6 is 11.6 Å². The Balaban J connectivity index is 1.81. The standard InChI is InChI=1S/C36H40ClN3O4S/c1-26(2)23-38-36(42)34(22-29-12-7-5-8-13-29)39(24-30-14-11-15-31(37)21-30)35(41)25-40(32-19-18-27(3)28(4)20-32)45(43,44)33-16-9-6-10-17-33/h5-21,26,34H,22-25H2,1-4H3,(H,38,42)/t34-/m0/s1. The van der Waals surface area contributed by atoms with Crippen molar-refractivity contribution >= 4 is 39.1 Å². The van der Waals surface area contributed by atoms with Gasteiger partial charge >= 0.3 is 0 Å². The molecule has 0 aliphatic heterocycles. The number of nitrogens with one attached hydrogen (secondary N) is 1. The number of benzene rings is 4. The van der Waals surface area contributed by atoms with Crippen molar-refractivity contribution in [2.24, 2.45) is 5.92 Å². The van der Waals surface area contributed by atoms with Crippen LogP contribution in [0.4, 0.5) is 5.69 Å². The van der Waals surface area contributed by atoms with E-state index in [1.165, 1.54) is 17.0 Å². The molecular formula is C36H40ClN3O4S. The summed E-state index contributed by atoms with van der Waals surface area (Å²) in [6.45, 7) is 7.81. The summed E-state index contributed by atoms with van der Waals surface area (Å²) in [6.07, 6.45) is 0.242. The van der Waals surface area contributed by atoms with Crippen molar-refractivity contribution in [2.45, 2.75) is 51.6 Å². The molecule has 0 aromatic heterocycles. The minimum atomic E-state index is -4.15. The molecule has 0 radical (unpaired) electrons. The van der Waals surface area contributed by atoms with Crippen LogP contribution in [-0.4, -0.2) is 44.3 Å². The van der Waals surface area contributed by atoms with Crippen LogP contribution in [-0.2, 0) is 32.6 Å². The van der Waals surface area contributed by atoms with Gasteiger partial charge in [-0.2, -0.15) is 0 Å². The summed E-state index contributed by atoms with van der Waals surface area (Å²) in [5.41, 5.74) is 3.83. The van der Waals surface area contributed by atoms with Crippen molar-refractivity contribution in [3.8, 4) is 0 Å². The minimum Gasteiger partial charge on any atom is -0.354 e. The SMILES string of the molecule is Cc1ccc(N(CC(=O)N(Cc2cccc(Cl)c2)[C@@H](Cc2ccccc2)C(=O)NCC(C)C)S(=O)(=O)c2ccccc2)cc1C. The van der Waals surface area contributed by atoms with E-state index in [0.29, 0.717) is 22.8 Å². The predicted octanol–water partition coefficient (Wildman–Crippen LogP) is 6.56. The van der Waals surface area contributed by atoms with Gasteiger partial charge in [0.25, 0.3) is 10.0 Å². The third-order valence-corrected chi connectivity index (χ3v) is 9.61. The van der Waals surface area contributed by atoms with E-state index in [-0.39, 0.29) is 29.7 Å². The highest BCUT2D eigenvalue weighted by Crippen LogP contribution is 2.27. The van der Waals surface area contributed by atoms with Gasteiger partial charge in [0.15, 0.2) is 0 Å². The summed E-state index contributed by atoms with van der Waals surface area (Å²) in [6, 6.07) is 29.0. The Morgan fingerprint density at radius 1 is 0.800 bits per heavy atom. The van der Waals surface area contributed by atoms with Crippen molar-refractivity contribution in [1.82, 2.24) is 10.2 Å². The highest BCUT2D eigenvalue weighted by Gasteiger charge is 2.34. The van der Waals surface area contributed by atoms with E-state index < -0.39 is 28.5 Å². The number of carbonyl (C=O) groups is 2. The van der Waals surface area contributed by atoms with Gasteiger partial charge in [0.05, 0.1) is 10.6 Å². The largest absolute Gasteiger partial charge is 0.354 e. The topological polar surface area (TPSA) is 86.8 Å². The second-order valence-electron chi connectivity index (χ2n) is 11.6. The van der Waals surface area contributed by atoms with E-state index in [2.05, 4.69) is 5.32 Å². The number of hydrogen-bond acceptors (Lipinski definition) is 4. The molecule has 0 bridgehead atoms. The normalized spacial score (nSPS) is 12.0. The van der Waals surface area contributed by atoms with Gasteiger partial charge in [-0.3, -0.25) is 13.9 Å². The zero-order chi connectivity index (χ0) is 32.6. The molecule has 0 fully saturated rings. The first-order valence-corrected chi connectivity index (χ1v) is 16.8. The monoisotopic (exact) mass is 645 g/mol. The summed E-state index contributed by atoms with van der Waals surface area (Å²) >= 11 is 6.31. The number of anilines is 1. The van der Waals surface area contributed by atoms with Crippen LogP contribution in [0, 0.1) is 19.8 Å². The number of rotatable bonds is 13. The first kappa shape index (κ1) is 33.7. The van der Waals surface area contributed by atoms with Crippen molar-refractivity contribution < 1.29 is 18.0 Å². The quantitative estimate of drug-likeness (QED) is 0.178. The first-order chi connectivity index (χ1) is 21.5.